The lowest BCUT2D eigenvalue weighted by atomic mass is 10.1. The van der Waals surface area contributed by atoms with E-state index >= 15 is 0 Å². The van der Waals surface area contributed by atoms with Gasteiger partial charge in [-0.1, -0.05) is 29.8 Å². The first-order valence-corrected chi connectivity index (χ1v) is 7.78. The molecule has 118 valence electrons. The third-order valence-electron chi connectivity index (χ3n) is 3.88. The summed E-state index contributed by atoms with van der Waals surface area (Å²) in [5.74, 6) is 0.440. The molecule has 2 N–H and O–H groups in total. The van der Waals surface area contributed by atoms with Gasteiger partial charge in [0.05, 0.1) is 11.0 Å². The number of rotatable bonds is 2. The molecule has 0 aliphatic carbocycles. The van der Waals surface area contributed by atoms with Crippen LogP contribution in [0.4, 0.5) is 11.5 Å². The molecule has 0 fully saturated rings. The van der Waals surface area contributed by atoms with Crippen molar-refractivity contribution in [3.05, 3.63) is 59.1 Å². The second-order valence-corrected chi connectivity index (χ2v) is 5.96. The van der Waals surface area contributed by atoms with Crippen molar-refractivity contribution in [2.24, 2.45) is 10.2 Å². The molecule has 5 nitrogen and oxygen atoms in total. The Labute approximate surface area is 142 Å². The minimum atomic E-state index is -0.0477. The van der Waals surface area contributed by atoms with E-state index in [1.54, 1.807) is 18.2 Å². The summed E-state index contributed by atoms with van der Waals surface area (Å²) < 4.78 is 0. The quantitative estimate of drug-likeness (QED) is 0.454. The molecule has 4 rings (SSSR count). The number of pyridine rings is 1. The van der Waals surface area contributed by atoms with Crippen molar-refractivity contribution in [3.8, 4) is 5.88 Å². The van der Waals surface area contributed by atoms with Crippen LogP contribution < -0.4 is 0 Å². The summed E-state index contributed by atoms with van der Waals surface area (Å²) in [4.78, 5) is 7.34. The van der Waals surface area contributed by atoms with Crippen LogP contribution in [0.5, 0.6) is 5.88 Å². The van der Waals surface area contributed by atoms with Crippen LogP contribution in [0.25, 0.3) is 21.8 Å². The van der Waals surface area contributed by atoms with E-state index in [4.69, 9.17) is 11.6 Å². The van der Waals surface area contributed by atoms with E-state index in [0.29, 0.717) is 21.9 Å². The predicted octanol–water partition coefficient (Wildman–Crippen LogP) is 5.80. The maximum absolute atomic E-state index is 10.1. The number of fused-ring (bicyclic) bond motifs is 2. The van der Waals surface area contributed by atoms with Gasteiger partial charge in [0.25, 0.3) is 0 Å². The number of benzene rings is 2. The highest BCUT2D eigenvalue weighted by atomic mass is 35.5. The molecule has 0 saturated heterocycles. The van der Waals surface area contributed by atoms with Gasteiger partial charge in [-0.05, 0) is 42.8 Å². The van der Waals surface area contributed by atoms with E-state index in [1.807, 2.05) is 37.3 Å². The van der Waals surface area contributed by atoms with Crippen molar-refractivity contribution in [3.63, 3.8) is 0 Å². The third-order valence-corrected chi connectivity index (χ3v) is 4.11. The topological polar surface area (TPSA) is 73.6 Å². The fourth-order valence-corrected chi connectivity index (χ4v) is 2.89. The summed E-state index contributed by atoms with van der Waals surface area (Å²) in [6.45, 7) is 2.01. The molecular weight excluding hydrogens is 324 g/mol. The fraction of sp³-hybridized carbons (Fsp3) is 0.0556. The van der Waals surface area contributed by atoms with Gasteiger partial charge < -0.3 is 10.1 Å². The molecule has 4 aromatic rings. The lowest BCUT2D eigenvalue weighted by Gasteiger charge is -2.02. The van der Waals surface area contributed by atoms with E-state index in [9.17, 15) is 5.11 Å². The van der Waals surface area contributed by atoms with Crippen molar-refractivity contribution in [2.75, 3.05) is 0 Å². The SMILES string of the molecule is Cc1cc(N=Nc2c(O)[nH]c3ccc(Cl)cc23)nc2ccccc12. The molecule has 24 heavy (non-hydrogen) atoms. The first-order chi connectivity index (χ1) is 11.6. The van der Waals surface area contributed by atoms with Crippen LogP contribution in [-0.2, 0) is 0 Å². The zero-order chi connectivity index (χ0) is 16.7. The number of hydrogen-bond donors (Lipinski definition) is 2. The van der Waals surface area contributed by atoms with Crippen LogP contribution in [0, 0.1) is 6.92 Å². The van der Waals surface area contributed by atoms with Gasteiger partial charge in [-0.15, -0.1) is 10.2 Å². The lowest BCUT2D eigenvalue weighted by molar-refractivity contribution is 0.459. The molecule has 0 aliphatic rings. The molecule has 0 bridgehead atoms. The average Bonchev–Trinajstić information content (AvgIpc) is 2.88. The van der Waals surface area contributed by atoms with E-state index in [1.165, 1.54) is 0 Å². The Morgan fingerprint density at radius 2 is 1.88 bits per heavy atom. The lowest BCUT2D eigenvalue weighted by Crippen LogP contribution is -1.82. The number of aromatic amines is 1. The van der Waals surface area contributed by atoms with Gasteiger partial charge in [-0.2, -0.15) is 0 Å². The van der Waals surface area contributed by atoms with Gasteiger partial charge in [0.2, 0.25) is 5.88 Å². The predicted molar refractivity (Wildman–Crippen MR) is 95.6 cm³/mol. The van der Waals surface area contributed by atoms with Crippen molar-refractivity contribution in [1.29, 1.82) is 0 Å². The molecular formula is C18H13ClN4O. The highest BCUT2D eigenvalue weighted by Gasteiger charge is 2.11. The Kier molecular flexibility index (Phi) is 3.43. The zero-order valence-electron chi connectivity index (χ0n) is 12.8. The molecule has 2 aromatic carbocycles. The highest BCUT2D eigenvalue weighted by Crippen LogP contribution is 2.37. The molecule has 0 amide bonds. The van der Waals surface area contributed by atoms with Crippen molar-refractivity contribution in [2.45, 2.75) is 6.92 Å². The van der Waals surface area contributed by atoms with E-state index in [-0.39, 0.29) is 5.88 Å². The molecule has 6 heteroatoms. The Bertz CT molecular complexity index is 1100. The van der Waals surface area contributed by atoms with Gasteiger partial charge in [0.1, 0.15) is 0 Å². The Morgan fingerprint density at radius 1 is 1.04 bits per heavy atom. The van der Waals surface area contributed by atoms with Crippen molar-refractivity contribution >= 4 is 44.9 Å². The van der Waals surface area contributed by atoms with Gasteiger partial charge in [0, 0.05) is 15.8 Å². The van der Waals surface area contributed by atoms with Crippen LogP contribution in [0.3, 0.4) is 0 Å². The molecule has 0 atom stereocenters. The smallest absolute Gasteiger partial charge is 0.218 e. The maximum atomic E-state index is 10.1. The van der Waals surface area contributed by atoms with Gasteiger partial charge in [-0.25, -0.2) is 4.98 Å². The molecule has 2 heterocycles. The van der Waals surface area contributed by atoms with Crippen LogP contribution in [0.2, 0.25) is 5.02 Å². The molecule has 2 aromatic heterocycles. The number of azo groups is 1. The summed E-state index contributed by atoms with van der Waals surface area (Å²) in [5.41, 5.74) is 3.02. The van der Waals surface area contributed by atoms with Crippen LogP contribution in [0.1, 0.15) is 5.56 Å². The van der Waals surface area contributed by atoms with Crippen molar-refractivity contribution in [1.82, 2.24) is 9.97 Å². The van der Waals surface area contributed by atoms with Gasteiger partial charge in [-0.3, -0.25) is 0 Å². The number of para-hydroxylation sites is 1. The number of hydrogen-bond acceptors (Lipinski definition) is 4. The summed E-state index contributed by atoms with van der Waals surface area (Å²) in [6.07, 6.45) is 0. The van der Waals surface area contributed by atoms with Gasteiger partial charge in [0.15, 0.2) is 11.5 Å². The van der Waals surface area contributed by atoms with E-state index in [0.717, 1.165) is 22.0 Å². The summed E-state index contributed by atoms with van der Waals surface area (Å²) in [5, 5.41) is 20.8. The first-order valence-electron chi connectivity index (χ1n) is 7.40. The maximum Gasteiger partial charge on any atom is 0.218 e. The Morgan fingerprint density at radius 3 is 2.75 bits per heavy atom. The zero-order valence-corrected chi connectivity index (χ0v) is 13.5. The normalized spacial score (nSPS) is 11.8. The van der Waals surface area contributed by atoms with E-state index < -0.39 is 0 Å². The molecule has 0 spiro atoms. The van der Waals surface area contributed by atoms with Crippen LogP contribution >= 0.6 is 11.6 Å². The minimum absolute atomic E-state index is 0.0477. The average molecular weight is 337 g/mol. The van der Waals surface area contributed by atoms with E-state index in [2.05, 4.69) is 20.2 Å². The molecule has 0 unspecified atom stereocenters. The largest absolute Gasteiger partial charge is 0.493 e. The number of nitrogens with one attached hydrogen (secondary N) is 1. The third kappa shape index (κ3) is 2.49. The van der Waals surface area contributed by atoms with Crippen molar-refractivity contribution < 1.29 is 5.11 Å². The second kappa shape index (κ2) is 5.62. The summed E-state index contributed by atoms with van der Waals surface area (Å²) in [6, 6.07) is 15.0. The van der Waals surface area contributed by atoms with Crippen LogP contribution in [0.15, 0.2) is 58.8 Å². The number of H-pyrrole nitrogens is 1. The summed E-state index contributed by atoms with van der Waals surface area (Å²) >= 11 is 6.02. The number of nitrogens with zero attached hydrogens (tertiary/aromatic N) is 3. The molecule has 0 radical (unpaired) electrons. The molecule has 0 aliphatic heterocycles. The Balaban J connectivity index is 1.81. The fourth-order valence-electron chi connectivity index (χ4n) is 2.72. The monoisotopic (exact) mass is 336 g/mol. The highest BCUT2D eigenvalue weighted by molar-refractivity contribution is 6.31. The van der Waals surface area contributed by atoms with Crippen LogP contribution in [-0.4, -0.2) is 15.1 Å². The molecule has 0 saturated carbocycles. The number of aryl methyl sites for hydroxylation is 1. The Hall–Kier alpha value is -2.92. The summed E-state index contributed by atoms with van der Waals surface area (Å²) in [7, 11) is 0. The number of aromatic hydroxyl groups is 1. The first kappa shape index (κ1) is 14.7. The minimum Gasteiger partial charge on any atom is -0.493 e. The number of aromatic nitrogens is 2. The number of halogens is 1. The standard InChI is InChI=1S/C18H13ClN4O/c1-10-8-16(20-14-5-3-2-4-12(10)14)22-23-17-13-9-11(19)6-7-15(13)21-18(17)24/h2-9,21,24H,1H3. The second-order valence-electron chi connectivity index (χ2n) is 5.53. The van der Waals surface area contributed by atoms with Gasteiger partial charge >= 0.3 is 0 Å².